The number of amides is 1. The van der Waals surface area contributed by atoms with Crippen LogP contribution in [-0.4, -0.2) is 15.9 Å². The van der Waals surface area contributed by atoms with E-state index in [1.54, 1.807) is 18.2 Å². The number of nitrogens with two attached hydrogens (primary N) is 1. The van der Waals surface area contributed by atoms with Crippen LogP contribution in [0.1, 0.15) is 0 Å². The summed E-state index contributed by atoms with van der Waals surface area (Å²) >= 11 is 5.87. The Morgan fingerprint density at radius 1 is 1.18 bits per heavy atom. The van der Waals surface area contributed by atoms with Crippen molar-refractivity contribution in [3.63, 3.8) is 0 Å². The van der Waals surface area contributed by atoms with E-state index in [1.165, 1.54) is 0 Å². The lowest BCUT2D eigenvalue weighted by atomic mass is 10.1. The number of halogens is 1. The van der Waals surface area contributed by atoms with Crippen LogP contribution >= 0.6 is 11.6 Å². The second kappa shape index (κ2) is 4.85. The number of carbonyl (C=O) groups is 1. The van der Waals surface area contributed by atoms with Crippen LogP contribution < -0.4 is 5.73 Å². The first-order valence-electron chi connectivity index (χ1n) is 4.92. The lowest BCUT2D eigenvalue weighted by Gasteiger charge is -2.03. The molecule has 0 saturated heterocycles. The van der Waals surface area contributed by atoms with Crippen LogP contribution in [0.5, 0.6) is 0 Å². The van der Waals surface area contributed by atoms with E-state index in [2.05, 4.69) is 0 Å². The number of benzene rings is 2. The maximum atomic E-state index is 11.7. The SMILES string of the molecule is NC(=O)CS(=O)c1ccc2cc(Cl)ccc2c1. The van der Waals surface area contributed by atoms with E-state index in [9.17, 15) is 9.00 Å². The summed E-state index contributed by atoms with van der Waals surface area (Å²) in [6.45, 7) is 0. The lowest BCUT2D eigenvalue weighted by Crippen LogP contribution is -2.19. The molecule has 1 atom stereocenters. The topological polar surface area (TPSA) is 60.2 Å². The third-order valence-corrected chi connectivity index (χ3v) is 3.87. The lowest BCUT2D eigenvalue weighted by molar-refractivity contribution is -0.115. The third kappa shape index (κ3) is 2.84. The minimum absolute atomic E-state index is 0.154. The van der Waals surface area contributed by atoms with E-state index in [4.69, 9.17) is 17.3 Å². The Kier molecular flexibility index (Phi) is 3.45. The van der Waals surface area contributed by atoms with Crippen molar-refractivity contribution in [2.75, 3.05) is 5.75 Å². The molecule has 2 N–H and O–H groups in total. The van der Waals surface area contributed by atoms with E-state index < -0.39 is 16.7 Å². The van der Waals surface area contributed by atoms with Gasteiger partial charge in [0.05, 0.1) is 10.8 Å². The van der Waals surface area contributed by atoms with Gasteiger partial charge in [0.25, 0.3) is 0 Å². The molecule has 17 heavy (non-hydrogen) atoms. The Balaban J connectivity index is 2.41. The van der Waals surface area contributed by atoms with Crippen molar-refractivity contribution in [3.8, 4) is 0 Å². The average molecular weight is 268 g/mol. The van der Waals surface area contributed by atoms with Gasteiger partial charge in [0.1, 0.15) is 5.75 Å². The van der Waals surface area contributed by atoms with E-state index >= 15 is 0 Å². The molecule has 0 saturated carbocycles. The van der Waals surface area contributed by atoms with Crippen molar-refractivity contribution in [2.45, 2.75) is 4.90 Å². The fourth-order valence-electron chi connectivity index (χ4n) is 1.55. The quantitative estimate of drug-likeness (QED) is 0.926. The zero-order valence-electron chi connectivity index (χ0n) is 8.85. The molecule has 0 fully saturated rings. The molecule has 88 valence electrons. The Morgan fingerprint density at radius 2 is 1.82 bits per heavy atom. The molecule has 5 heteroatoms. The Morgan fingerprint density at radius 3 is 2.53 bits per heavy atom. The maximum absolute atomic E-state index is 11.7. The molecule has 0 aromatic heterocycles. The van der Waals surface area contributed by atoms with Crippen molar-refractivity contribution < 1.29 is 9.00 Å². The van der Waals surface area contributed by atoms with Crippen molar-refractivity contribution >= 4 is 39.1 Å². The number of carbonyl (C=O) groups excluding carboxylic acids is 1. The summed E-state index contributed by atoms with van der Waals surface area (Å²) in [6, 6.07) is 10.8. The summed E-state index contributed by atoms with van der Waals surface area (Å²) < 4.78 is 11.7. The van der Waals surface area contributed by atoms with Crippen LogP contribution in [0.25, 0.3) is 10.8 Å². The van der Waals surface area contributed by atoms with Crippen LogP contribution in [0, 0.1) is 0 Å². The van der Waals surface area contributed by atoms with Crippen LogP contribution in [0.4, 0.5) is 0 Å². The first-order valence-corrected chi connectivity index (χ1v) is 6.62. The molecule has 0 spiro atoms. The van der Waals surface area contributed by atoms with Gasteiger partial charge in [0, 0.05) is 9.92 Å². The van der Waals surface area contributed by atoms with E-state index in [0.717, 1.165) is 10.8 Å². The summed E-state index contributed by atoms with van der Waals surface area (Å²) in [5.41, 5.74) is 5.01. The molecule has 0 heterocycles. The highest BCUT2D eigenvalue weighted by atomic mass is 35.5. The van der Waals surface area contributed by atoms with Gasteiger partial charge in [0.2, 0.25) is 5.91 Å². The highest BCUT2D eigenvalue weighted by Gasteiger charge is 2.08. The second-order valence-corrected chi connectivity index (χ2v) is 5.50. The molecule has 0 aliphatic heterocycles. The van der Waals surface area contributed by atoms with Gasteiger partial charge in [0.15, 0.2) is 0 Å². The van der Waals surface area contributed by atoms with Crippen molar-refractivity contribution in [3.05, 3.63) is 41.4 Å². The van der Waals surface area contributed by atoms with Crippen molar-refractivity contribution in [1.29, 1.82) is 0 Å². The minimum Gasteiger partial charge on any atom is -0.369 e. The molecular weight excluding hydrogens is 258 g/mol. The average Bonchev–Trinajstić information content (AvgIpc) is 2.27. The fraction of sp³-hybridized carbons (Fsp3) is 0.0833. The highest BCUT2D eigenvalue weighted by molar-refractivity contribution is 7.85. The molecule has 2 aromatic rings. The predicted molar refractivity (Wildman–Crippen MR) is 69.4 cm³/mol. The standard InChI is InChI=1S/C12H10ClNO2S/c13-10-3-1-9-6-11(4-2-8(9)5-10)17(16)7-12(14)15/h1-6H,7H2,(H2,14,15). The van der Waals surface area contributed by atoms with E-state index in [1.807, 2.05) is 18.2 Å². The van der Waals surface area contributed by atoms with Crippen LogP contribution in [0.3, 0.4) is 0 Å². The fourth-order valence-corrected chi connectivity index (χ4v) is 2.63. The van der Waals surface area contributed by atoms with Gasteiger partial charge >= 0.3 is 0 Å². The molecule has 0 aliphatic rings. The van der Waals surface area contributed by atoms with Gasteiger partial charge < -0.3 is 5.73 Å². The first kappa shape index (κ1) is 12.1. The zero-order chi connectivity index (χ0) is 12.4. The maximum Gasteiger partial charge on any atom is 0.230 e. The Hall–Kier alpha value is -1.39. The van der Waals surface area contributed by atoms with Gasteiger partial charge in [-0.3, -0.25) is 9.00 Å². The van der Waals surface area contributed by atoms with Gasteiger partial charge in [-0.2, -0.15) is 0 Å². The number of fused-ring (bicyclic) bond motifs is 1. The molecule has 2 aromatic carbocycles. The minimum atomic E-state index is -1.38. The molecule has 0 aliphatic carbocycles. The van der Waals surface area contributed by atoms with Gasteiger partial charge in [-0.25, -0.2) is 0 Å². The normalized spacial score (nSPS) is 12.5. The summed E-state index contributed by atoms with van der Waals surface area (Å²) in [7, 11) is -1.38. The summed E-state index contributed by atoms with van der Waals surface area (Å²) in [6.07, 6.45) is 0. The smallest absolute Gasteiger partial charge is 0.230 e. The monoisotopic (exact) mass is 267 g/mol. The Labute approximate surface area is 106 Å². The molecule has 1 amide bonds. The predicted octanol–water partition coefficient (Wildman–Crippen LogP) is 2.09. The number of rotatable bonds is 3. The molecule has 2 rings (SSSR count). The van der Waals surface area contributed by atoms with Gasteiger partial charge in [-0.05, 0) is 35.0 Å². The molecule has 3 nitrogen and oxygen atoms in total. The van der Waals surface area contributed by atoms with Crippen molar-refractivity contribution in [2.24, 2.45) is 5.73 Å². The van der Waals surface area contributed by atoms with Gasteiger partial charge in [-0.15, -0.1) is 0 Å². The first-order chi connectivity index (χ1) is 8.06. The summed E-state index contributed by atoms with van der Waals surface area (Å²) in [5, 5.41) is 2.56. The van der Waals surface area contributed by atoms with Crippen LogP contribution in [-0.2, 0) is 15.6 Å². The van der Waals surface area contributed by atoms with Gasteiger partial charge in [-0.1, -0.05) is 23.7 Å². The number of primary amides is 1. The molecular formula is C12H10ClNO2S. The second-order valence-electron chi connectivity index (χ2n) is 3.61. The summed E-state index contributed by atoms with van der Waals surface area (Å²) in [4.78, 5) is 11.3. The van der Waals surface area contributed by atoms with Crippen LogP contribution in [0.15, 0.2) is 41.3 Å². The highest BCUT2D eigenvalue weighted by Crippen LogP contribution is 2.21. The molecule has 0 bridgehead atoms. The largest absolute Gasteiger partial charge is 0.369 e. The van der Waals surface area contributed by atoms with E-state index in [-0.39, 0.29) is 5.75 Å². The number of hydrogen-bond acceptors (Lipinski definition) is 2. The number of hydrogen-bond donors (Lipinski definition) is 1. The summed E-state index contributed by atoms with van der Waals surface area (Å²) in [5.74, 6) is -0.724. The van der Waals surface area contributed by atoms with E-state index in [0.29, 0.717) is 9.92 Å². The molecule has 0 radical (unpaired) electrons. The zero-order valence-corrected chi connectivity index (χ0v) is 10.4. The Bertz CT molecular complexity index is 612. The third-order valence-electron chi connectivity index (χ3n) is 2.31. The van der Waals surface area contributed by atoms with Crippen LogP contribution in [0.2, 0.25) is 5.02 Å². The van der Waals surface area contributed by atoms with Crippen molar-refractivity contribution in [1.82, 2.24) is 0 Å². The molecule has 1 unspecified atom stereocenters.